The largest absolute Gasteiger partial charge is 0.494 e. The second-order valence-corrected chi connectivity index (χ2v) is 3.40. The molecule has 1 aromatic rings. The number of anilines is 1. The molecule has 0 aliphatic carbocycles. The summed E-state index contributed by atoms with van der Waals surface area (Å²) in [4.78, 5) is 11.0. The van der Waals surface area contributed by atoms with Gasteiger partial charge in [-0.1, -0.05) is 13.0 Å². The third-order valence-electron chi connectivity index (χ3n) is 2.04. The summed E-state index contributed by atoms with van der Waals surface area (Å²) in [7, 11) is 1.62. The minimum absolute atomic E-state index is 0.0418. The number of hydrogen-bond acceptors (Lipinski definition) is 3. The average Bonchev–Trinajstić information content (AvgIpc) is 2.34. The number of carbonyl (C=O) groups excluding carboxylic acids is 1. The zero-order valence-electron chi connectivity index (χ0n) is 9.75. The van der Waals surface area contributed by atoms with Crippen LogP contribution in [0.5, 0.6) is 5.75 Å². The van der Waals surface area contributed by atoms with Crippen LogP contribution in [0.15, 0.2) is 24.3 Å². The monoisotopic (exact) mass is 222 g/mol. The van der Waals surface area contributed by atoms with Crippen LogP contribution >= 0.6 is 0 Å². The highest BCUT2D eigenvalue weighted by Gasteiger charge is 1.99. The lowest BCUT2D eigenvalue weighted by atomic mass is 10.3. The topological polar surface area (TPSA) is 50.4 Å². The molecule has 4 heteroatoms. The Bertz CT molecular complexity index is 340. The number of carbonyl (C=O) groups is 1. The first-order chi connectivity index (χ1) is 7.76. The molecule has 1 amide bonds. The van der Waals surface area contributed by atoms with Crippen LogP contribution in [0.3, 0.4) is 0 Å². The number of likely N-dealkylation sites (N-methyl/N-ethyl adjacent to an activating group) is 1. The van der Waals surface area contributed by atoms with E-state index in [1.807, 2.05) is 24.3 Å². The van der Waals surface area contributed by atoms with Gasteiger partial charge in [-0.3, -0.25) is 4.79 Å². The summed E-state index contributed by atoms with van der Waals surface area (Å²) >= 11 is 0. The highest BCUT2D eigenvalue weighted by atomic mass is 16.5. The van der Waals surface area contributed by atoms with E-state index in [2.05, 4.69) is 17.6 Å². The van der Waals surface area contributed by atoms with Crippen LogP contribution in [0.25, 0.3) is 0 Å². The van der Waals surface area contributed by atoms with Crippen LogP contribution in [-0.2, 0) is 4.79 Å². The van der Waals surface area contributed by atoms with E-state index in [-0.39, 0.29) is 12.5 Å². The Labute approximate surface area is 96.0 Å². The third-order valence-corrected chi connectivity index (χ3v) is 2.04. The van der Waals surface area contributed by atoms with Gasteiger partial charge in [0.05, 0.1) is 13.2 Å². The summed E-state index contributed by atoms with van der Waals surface area (Å²) in [5, 5.41) is 5.57. The van der Waals surface area contributed by atoms with Gasteiger partial charge in [-0.15, -0.1) is 0 Å². The van der Waals surface area contributed by atoms with Gasteiger partial charge in [-0.25, -0.2) is 0 Å². The fourth-order valence-corrected chi connectivity index (χ4v) is 1.19. The van der Waals surface area contributed by atoms with Gasteiger partial charge in [0, 0.05) is 18.8 Å². The van der Waals surface area contributed by atoms with Gasteiger partial charge in [0.2, 0.25) is 5.91 Å². The van der Waals surface area contributed by atoms with Crippen molar-refractivity contribution in [1.82, 2.24) is 5.32 Å². The molecule has 0 saturated heterocycles. The van der Waals surface area contributed by atoms with Crippen molar-refractivity contribution in [2.24, 2.45) is 0 Å². The lowest BCUT2D eigenvalue weighted by Crippen LogP contribution is -2.26. The van der Waals surface area contributed by atoms with Gasteiger partial charge in [0.1, 0.15) is 5.75 Å². The van der Waals surface area contributed by atoms with Crippen molar-refractivity contribution in [2.45, 2.75) is 13.3 Å². The molecular formula is C12H18N2O2. The first kappa shape index (κ1) is 12.4. The summed E-state index contributed by atoms with van der Waals surface area (Å²) in [6.45, 7) is 3.04. The summed E-state index contributed by atoms with van der Waals surface area (Å²) < 4.78 is 5.49. The predicted molar refractivity (Wildman–Crippen MR) is 64.8 cm³/mol. The normalized spacial score (nSPS) is 9.62. The van der Waals surface area contributed by atoms with E-state index in [1.165, 1.54) is 0 Å². The van der Waals surface area contributed by atoms with Crippen molar-refractivity contribution in [3.05, 3.63) is 24.3 Å². The lowest BCUT2D eigenvalue weighted by Gasteiger charge is -2.08. The van der Waals surface area contributed by atoms with Crippen molar-refractivity contribution >= 4 is 11.6 Å². The molecule has 0 aliphatic heterocycles. The molecule has 0 atom stereocenters. The summed E-state index contributed by atoms with van der Waals surface area (Å²) in [6, 6.07) is 7.60. The summed E-state index contributed by atoms with van der Waals surface area (Å²) in [5.41, 5.74) is 0.886. The molecule has 0 aliphatic rings. The molecular weight excluding hydrogens is 204 g/mol. The number of rotatable bonds is 6. The quantitative estimate of drug-likeness (QED) is 0.769. The van der Waals surface area contributed by atoms with Gasteiger partial charge in [0.15, 0.2) is 0 Å². The molecule has 0 aromatic heterocycles. The molecule has 0 saturated carbocycles. The summed E-state index contributed by atoms with van der Waals surface area (Å²) in [5.74, 6) is 0.781. The van der Waals surface area contributed by atoms with Gasteiger partial charge >= 0.3 is 0 Å². The molecule has 0 bridgehead atoms. The molecule has 0 radical (unpaired) electrons. The van der Waals surface area contributed by atoms with Gasteiger partial charge in [-0.05, 0) is 18.6 Å². The molecule has 0 unspecified atom stereocenters. The van der Waals surface area contributed by atoms with Crippen molar-refractivity contribution in [3.8, 4) is 5.75 Å². The highest BCUT2D eigenvalue weighted by Crippen LogP contribution is 2.17. The zero-order valence-corrected chi connectivity index (χ0v) is 9.75. The van der Waals surface area contributed by atoms with E-state index in [1.54, 1.807) is 7.05 Å². The molecule has 88 valence electrons. The first-order valence-corrected chi connectivity index (χ1v) is 5.43. The number of benzene rings is 1. The van der Waals surface area contributed by atoms with Gasteiger partial charge in [0.25, 0.3) is 0 Å². The smallest absolute Gasteiger partial charge is 0.239 e. The maximum atomic E-state index is 11.0. The van der Waals surface area contributed by atoms with E-state index in [0.717, 1.165) is 17.9 Å². The average molecular weight is 222 g/mol. The number of ether oxygens (including phenoxy) is 1. The van der Waals surface area contributed by atoms with Crippen molar-refractivity contribution in [2.75, 3.05) is 25.5 Å². The molecule has 2 N–H and O–H groups in total. The Hall–Kier alpha value is -1.71. The Kier molecular flexibility index (Phi) is 5.19. The lowest BCUT2D eigenvalue weighted by molar-refractivity contribution is -0.118. The Morgan fingerprint density at radius 2 is 2.25 bits per heavy atom. The van der Waals surface area contributed by atoms with E-state index in [4.69, 9.17) is 4.74 Å². The zero-order chi connectivity index (χ0) is 11.8. The van der Waals surface area contributed by atoms with Crippen molar-refractivity contribution in [1.29, 1.82) is 0 Å². The second-order valence-electron chi connectivity index (χ2n) is 3.40. The van der Waals surface area contributed by atoms with E-state index in [0.29, 0.717) is 6.61 Å². The fraction of sp³-hybridized carbons (Fsp3) is 0.417. The van der Waals surface area contributed by atoms with Crippen LogP contribution in [-0.4, -0.2) is 26.1 Å². The summed E-state index contributed by atoms with van der Waals surface area (Å²) in [6.07, 6.45) is 0.982. The van der Waals surface area contributed by atoms with Crippen molar-refractivity contribution < 1.29 is 9.53 Å². The fourth-order valence-electron chi connectivity index (χ4n) is 1.19. The molecule has 16 heavy (non-hydrogen) atoms. The second kappa shape index (κ2) is 6.71. The predicted octanol–water partition coefficient (Wildman–Crippen LogP) is 1.63. The molecule has 1 aromatic carbocycles. The maximum absolute atomic E-state index is 11.0. The highest BCUT2D eigenvalue weighted by molar-refractivity contribution is 5.80. The van der Waals surface area contributed by atoms with Crippen LogP contribution < -0.4 is 15.4 Å². The van der Waals surface area contributed by atoms with Crippen LogP contribution in [0.1, 0.15) is 13.3 Å². The SMILES string of the molecule is CCCOc1cccc(NCC(=O)NC)c1. The van der Waals surface area contributed by atoms with Gasteiger partial charge in [-0.2, -0.15) is 0 Å². The van der Waals surface area contributed by atoms with Gasteiger partial charge < -0.3 is 15.4 Å². The number of hydrogen-bond donors (Lipinski definition) is 2. The molecule has 0 heterocycles. The first-order valence-electron chi connectivity index (χ1n) is 5.43. The van der Waals surface area contributed by atoms with E-state index in [9.17, 15) is 4.79 Å². The van der Waals surface area contributed by atoms with E-state index >= 15 is 0 Å². The van der Waals surface area contributed by atoms with Crippen LogP contribution in [0.4, 0.5) is 5.69 Å². The Morgan fingerprint density at radius 1 is 1.44 bits per heavy atom. The Morgan fingerprint density at radius 3 is 2.94 bits per heavy atom. The molecule has 1 rings (SSSR count). The molecule has 4 nitrogen and oxygen atoms in total. The Balaban J connectivity index is 2.50. The number of amides is 1. The minimum atomic E-state index is -0.0418. The maximum Gasteiger partial charge on any atom is 0.239 e. The standard InChI is InChI=1S/C12H18N2O2/c1-3-7-16-11-6-4-5-10(8-11)14-9-12(15)13-2/h4-6,8,14H,3,7,9H2,1-2H3,(H,13,15). The van der Waals surface area contributed by atoms with Crippen LogP contribution in [0.2, 0.25) is 0 Å². The molecule has 0 fully saturated rings. The van der Waals surface area contributed by atoms with E-state index < -0.39 is 0 Å². The van der Waals surface area contributed by atoms with Crippen molar-refractivity contribution in [3.63, 3.8) is 0 Å². The minimum Gasteiger partial charge on any atom is -0.494 e. The number of nitrogens with one attached hydrogen (secondary N) is 2. The molecule has 0 spiro atoms. The van der Waals surface area contributed by atoms with Crippen LogP contribution in [0, 0.1) is 0 Å². The third kappa shape index (κ3) is 4.21.